The summed E-state index contributed by atoms with van der Waals surface area (Å²) >= 11 is 13.7. The Bertz CT molecular complexity index is 1240. The Morgan fingerprint density at radius 1 is 1.06 bits per heavy atom. The summed E-state index contributed by atoms with van der Waals surface area (Å²) in [5.41, 5.74) is 3.20. The first-order valence-corrected chi connectivity index (χ1v) is 12.8. The second kappa shape index (κ2) is 11.2. The van der Waals surface area contributed by atoms with E-state index >= 15 is 0 Å². The molecule has 1 atom stereocenters. The van der Waals surface area contributed by atoms with Crippen molar-refractivity contribution < 1.29 is 19.1 Å². The molecule has 1 N–H and O–H groups in total. The molecule has 0 radical (unpaired) electrons. The third-order valence-electron chi connectivity index (χ3n) is 5.34. The molecule has 1 aliphatic heterocycles. The predicted molar refractivity (Wildman–Crippen MR) is 142 cm³/mol. The number of hydrogen-bond donors (Lipinski definition) is 1. The lowest BCUT2D eigenvalue weighted by atomic mass is 10.1. The number of halogens is 2. The maximum Gasteiger partial charge on any atom is 0.262 e. The summed E-state index contributed by atoms with van der Waals surface area (Å²) in [6.07, 6.45) is 0. The van der Waals surface area contributed by atoms with Gasteiger partial charge in [-0.2, -0.15) is 0 Å². The number of nitrogens with one attached hydrogen (secondary N) is 1. The van der Waals surface area contributed by atoms with Crippen molar-refractivity contribution in [2.24, 2.45) is 0 Å². The van der Waals surface area contributed by atoms with Gasteiger partial charge in [-0.15, -0.1) is 11.8 Å². The van der Waals surface area contributed by atoms with Gasteiger partial charge in [0.05, 0.1) is 12.4 Å². The molecule has 2 amide bonds. The number of carbonyl (C=O) groups excluding carboxylic acids is 2. The number of carbonyl (C=O) groups is 2. The molecule has 0 saturated carbocycles. The van der Waals surface area contributed by atoms with Crippen molar-refractivity contribution >= 4 is 58.2 Å². The third kappa shape index (κ3) is 6.04. The van der Waals surface area contributed by atoms with Crippen LogP contribution in [-0.4, -0.2) is 30.8 Å². The van der Waals surface area contributed by atoms with Crippen LogP contribution < -0.4 is 19.7 Å². The summed E-state index contributed by atoms with van der Waals surface area (Å²) < 4.78 is 11.6. The fraction of sp³-hybridized carbons (Fsp3) is 0.231. The molecule has 1 heterocycles. The van der Waals surface area contributed by atoms with Crippen LogP contribution in [-0.2, 0) is 9.59 Å². The van der Waals surface area contributed by atoms with Gasteiger partial charge in [-0.05, 0) is 73.5 Å². The van der Waals surface area contributed by atoms with Gasteiger partial charge in [-0.25, -0.2) is 0 Å². The number of hydrogen-bond acceptors (Lipinski definition) is 5. The molecule has 1 saturated heterocycles. The Kier molecular flexibility index (Phi) is 8.11. The van der Waals surface area contributed by atoms with Crippen LogP contribution in [0.2, 0.25) is 10.0 Å². The molecule has 6 nitrogen and oxygen atoms in total. The summed E-state index contributed by atoms with van der Waals surface area (Å²) in [4.78, 5) is 26.8. The molecule has 0 aromatic heterocycles. The highest BCUT2D eigenvalue weighted by atomic mass is 35.5. The van der Waals surface area contributed by atoms with E-state index in [-0.39, 0.29) is 23.8 Å². The summed E-state index contributed by atoms with van der Waals surface area (Å²) in [5.74, 6) is 1.03. The number of benzene rings is 3. The minimum Gasteiger partial charge on any atom is -0.490 e. The second-order valence-corrected chi connectivity index (χ2v) is 9.76. The molecular weight excluding hydrogens is 507 g/mol. The second-order valence-electron chi connectivity index (χ2n) is 7.84. The van der Waals surface area contributed by atoms with E-state index < -0.39 is 0 Å². The highest BCUT2D eigenvalue weighted by Crippen LogP contribution is 2.44. The molecule has 0 aliphatic carbocycles. The van der Waals surface area contributed by atoms with E-state index in [1.165, 1.54) is 11.8 Å². The van der Waals surface area contributed by atoms with Crippen molar-refractivity contribution in [1.82, 2.24) is 0 Å². The molecule has 0 spiro atoms. The largest absolute Gasteiger partial charge is 0.490 e. The van der Waals surface area contributed by atoms with E-state index in [2.05, 4.69) is 5.32 Å². The Hall–Kier alpha value is -2.87. The van der Waals surface area contributed by atoms with Gasteiger partial charge in [0.15, 0.2) is 18.1 Å². The molecule has 182 valence electrons. The number of anilines is 2. The van der Waals surface area contributed by atoms with Crippen molar-refractivity contribution in [2.75, 3.05) is 29.2 Å². The van der Waals surface area contributed by atoms with E-state index in [0.29, 0.717) is 39.6 Å². The molecule has 3 aromatic rings. The van der Waals surface area contributed by atoms with Gasteiger partial charge >= 0.3 is 0 Å². The highest BCUT2D eigenvalue weighted by molar-refractivity contribution is 8.00. The van der Waals surface area contributed by atoms with Crippen LogP contribution in [0.25, 0.3) is 0 Å². The molecule has 0 bridgehead atoms. The molecule has 9 heteroatoms. The van der Waals surface area contributed by atoms with Gasteiger partial charge < -0.3 is 14.8 Å². The zero-order valence-corrected chi connectivity index (χ0v) is 21.5. The van der Waals surface area contributed by atoms with E-state index in [1.54, 1.807) is 35.2 Å². The average Bonchev–Trinajstić information content (AvgIpc) is 3.22. The lowest BCUT2D eigenvalue weighted by molar-refractivity contribution is -0.118. The van der Waals surface area contributed by atoms with Gasteiger partial charge in [-0.3, -0.25) is 14.5 Å². The van der Waals surface area contributed by atoms with Crippen LogP contribution >= 0.6 is 35.0 Å². The lowest BCUT2D eigenvalue weighted by Gasteiger charge is -2.25. The fourth-order valence-electron chi connectivity index (χ4n) is 3.63. The zero-order chi connectivity index (χ0) is 24.9. The van der Waals surface area contributed by atoms with Gasteiger partial charge in [0.25, 0.3) is 5.91 Å². The van der Waals surface area contributed by atoms with Crippen LogP contribution in [0.1, 0.15) is 23.4 Å². The fourth-order valence-corrected chi connectivity index (χ4v) is 5.10. The number of nitrogens with zero attached hydrogens (tertiary/aromatic N) is 1. The summed E-state index contributed by atoms with van der Waals surface area (Å²) in [6, 6.07) is 18.0. The average molecular weight is 531 g/mol. The molecule has 0 unspecified atom stereocenters. The molecule has 3 aromatic carbocycles. The van der Waals surface area contributed by atoms with Gasteiger partial charge in [0.2, 0.25) is 5.91 Å². The number of rotatable bonds is 8. The molecular formula is C26H24Cl2N2O4S. The van der Waals surface area contributed by atoms with Crippen LogP contribution in [0.5, 0.6) is 11.5 Å². The zero-order valence-electron chi connectivity index (χ0n) is 19.2. The topological polar surface area (TPSA) is 67.9 Å². The number of amides is 2. The first kappa shape index (κ1) is 25.2. The van der Waals surface area contributed by atoms with Crippen molar-refractivity contribution in [2.45, 2.75) is 19.2 Å². The minimum absolute atomic E-state index is 0.0217. The van der Waals surface area contributed by atoms with Gasteiger partial charge in [-0.1, -0.05) is 35.3 Å². The molecule has 1 aliphatic rings. The van der Waals surface area contributed by atoms with E-state index in [1.807, 2.05) is 44.2 Å². The maximum atomic E-state index is 12.7. The Labute approximate surface area is 218 Å². The van der Waals surface area contributed by atoms with Crippen molar-refractivity contribution in [3.63, 3.8) is 0 Å². The quantitative estimate of drug-likeness (QED) is 0.360. The Morgan fingerprint density at radius 3 is 2.54 bits per heavy atom. The van der Waals surface area contributed by atoms with Crippen LogP contribution in [0.3, 0.4) is 0 Å². The SMILES string of the molecule is CCOc1cc([C@@H]2SCC(=O)N2c2ccc(Cl)cc2)ccc1OCC(=O)Nc1ccc(C)c(Cl)c1. The van der Waals surface area contributed by atoms with Crippen LogP contribution in [0.15, 0.2) is 60.7 Å². The van der Waals surface area contributed by atoms with E-state index in [4.69, 9.17) is 32.7 Å². The number of aryl methyl sites for hydroxylation is 1. The van der Waals surface area contributed by atoms with Gasteiger partial charge in [0, 0.05) is 21.4 Å². The maximum absolute atomic E-state index is 12.7. The first-order chi connectivity index (χ1) is 16.9. The van der Waals surface area contributed by atoms with E-state index in [9.17, 15) is 9.59 Å². The van der Waals surface area contributed by atoms with E-state index in [0.717, 1.165) is 16.8 Å². The summed E-state index contributed by atoms with van der Waals surface area (Å²) in [6.45, 7) is 3.99. The molecule has 35 heavy (non-hydrogen) atoms. The predicted octanol–water partition coefficient (Wildman–Crippen LogP) is 6.50. The van der Waals surface area contributed by atoms with Crippen molar-refractivity contribution in [3.05, 3.63) is 81.8 Å². The number of ether oxygens (including phenoxy) is 2. The normalized spacial score (nSPS) is 15.3. The molecule has 4 rings (SSSR count). The van der Waals surface area contributed by atoms with Gasteiger partial charge in [0.1, 0.15) is 5.37 Å². The number of thioether (sulfide) groups is 1. The van der Waals surface area contributed by atoms with Crippen LogP contribution in [0.4, 0.5) is 11.4 Å². The highest BCUT2D eigenvalue weighted by Gasteiger charge is 2.34. The molecule has 1 fully saturated rings. The minimum atomic E-state index is -0.317. The van der Waals surface area contributed by atoms with Crippen molar-refractivity contribution in [3.8, 4) is 11.5 Å². The smallest absolute Gasteiger partial charge is 0.262 e. The van der Waals surface area contributed by atoms with Crippen molar-refractivity contribution in [1.29, 1.82) is 0 Å². The third-order valence-corrected chi connectivity index (χ3v) is 7.21. The Balaban J connectivity index is 1.49. The van der Waals surface area contributed by atoms with Crippen LogP contribution in [0, 0.1) is 6.92 Å². The lowest BCUT2D eigenvalue weighted by Crippen LogP contribution is -2.27. The summed E-state index contributed by atoms with van der Waals surface area (Å²) in [5, 5.41) is 3.75. The standard InChI is InChI=1S/C26H24Cl2N2O4S/c1-3-33-23-12-17(26-30(25(32)15-35-26)20-9-6-18(27)7-10-20)5-11-22(23)34-14-24(31)29-19-8-4-16(2)21(28)13-19/h4-13,26H,3,14-15H2,1-2H3,(H,29,31)/t26-/m0/s1. The first-order valence-electron chi connectivity index (χ1n) is 11.0. The summed E-state index contributed by atoms with van der Waals surface area (Å²) in [7, 11) is 0. The monoisotopic (exact) mass is 530 g/mol. The Morgan fingerprint density at radius 2 is 1.83 bits per heavy atom.